The molecule has 0 radical (unpaired) electrons. The predicted octanol–water partition coefficient (Wildman–Crippen LogP) is 5.09. The van der Waals surface area contributed by atoms with Crippen LogP contribution in [0.15, 0.2) is 18.2 Å². The summed E-state index contributed by atoms with van der Waals surface area (Å²) < 4.78 is 40.3. The van der Waals surface area contributed by atoms with Crippen molar-refractivity contribution in [1.82, 2.24) is 9.80 Å². The number of aliphatic hydroxyl groups is 1. The van der Waals surface area contributed by atoms with E-state index in [1.165, 1.54) is 6.07 Å². The second-order valence-corrected chi connectivity index (χ2v) is 10.5. The third-order valence-electron chi connectivity index (χ3n) is 7.30. The number of anilines is 1. The molecular weight excluding hydrogens is 489 g/mol. The van der Waals surface area contributed by atoms with Gasteiger partial charge in [-0.1, -0.05) is 25.7 Å². The van der Waals surface area contributed by atoms with Crippen molar-refractivity contribution >= 4 is 28.9 Å². The molecule has 6 nitrogen and oxygen atoms in total. The molecule has 36 heavy (non-hydrogen) atoms. The number of alkyl halides is 3. The number of likely N-dealkylation sites (tertiary alicyclic amines) is 1. The highest BCUT2D eigenvalue weighted by atomic mass is 32.1. The minimum atomic E-state index is -4.71. The van der Waals surface area contributed by atoms with E-state index in [0.717, 1.165) is 81.5 Å². The molecular formula is C26H35F3N4O2S. The Kier molecular flexibility index (Phi) is 9.36. The number of nitriles is 1. The molecule has 2 saturated heterocycles. The Morgan fingerprint density at radius 1 is 1.14 bits per heavy atom. The van der Waals surface area contributed by atoms with E-state index in [1.54, 1.807) is 24.8 Å². The third-order valence-corrected chi connectivity index (χ3v) is 7.70. The summed E-state index contributed by atoms with van der Waals surface area (Å²) in [6, 6.07) is 5.13. The minimum absolute atomic E-state index is 0.0216. The Balaban J connectivity index is 1.51. The van der Waals surface area contributed by atoms with Crippen LogP contribution in [0.3, 0.4) is 0 Å². The largest absolute Gasteiger partial charge is 0.417 e. The van der Waals surface area contributed by atoms with Crippen LogP contribution in [0.1, 0.15) is 76.3 Å². The average molecular weight is 525 g/mol. The van der Waals surface area contributed by atoms with Crippen LogP contribution in [-0.4, -0.2) is 63.7 Å². The van der Waals surface area contributed by atoms with Gasteiger partial charge in [-0.05, 0) is 83.0 Å². The Hall–Kier alpha value is -2.22. The smallest absolute Gasteiger partial charge is 0.395 e. The lowest BCUT2D eigenvalue weighted by Crippen LogP contribution is -2.44. The van der Waals surface area contributed by atoms with Gasteiger partial charge in [0.05, 0.1) is 29.5 Å². The Morgan fingerprint density at radius 2 is 1.78 bits per heavy atom. The van der Waals surface area contributed by atoms with Crippen LogP contribution in [0.4, 0.5) is 18.9 Å². The summed E-state index contributed by atoms with van der Waals surface area (Å²) in [6.45, 7) is 6.35. The quantitative estimate of drug-likeness (QED) is 0.321. The lowest BCUT2D eigenvalue weighted by Gasteiger charge is -2.29. The fraction of sp³-hybridized carbons (Fsp3) is 0.654. The number of nitrogens with zero attached hydrogens (tertiary/aromatic N) is 4. The van der Waals surface area contributed by atoms with E-state index in [-0.39, 0.29) is 23.3 Å². The van der Waals surface area contributed by atoms with Gasteiger partial charge in [-0.15, -0.1) is 0 Å². The topological polar surface area (TPSA) is 70.8 Å². The van der Waals surface area contributed by atoms with Crippen LogP contribution in [0.5, 0.6) is 0 Å². The van der Waals surface area contributed by atoms with Gasteiger partial charge in [-0.3, -0.25) is 14.6 Å². The minimum Gasteiger partial charge on any atom is -0.395 e. The van der Waals surface area contributed by atoms with E-state index in [4.69, 9.17) is 17.5 Å². The number of thiocarbonyl (C=S) groups is 1. The van der Waals surface area contributed by atoms with E-state index in [9.17, 15) is 23.1 Å². The van der Waals surface area contributed by atoms with E-state index < -0.39 is 22.8 Å². The third kappa shape index (κ3) is 6.18. The van der Waals surface area contributed by atoms with Crippen LogP contribution in [0.2, 0.25) is 0 Å². The monoisotopic (exact) mass is 524 g/mol. The average Bonchev–Trinajstić information content (AvgIpc) is 3.35. The molecule has 0 bridgehead atoms. The van der Waals surface area contributed by atoms with Crippen LogP contribution in [-0.2, 0) is 11.0 Å². The van der Waals surface area contributed by atoms with Crippen LogP contribution >= 0.6 is 12.2 Å². The zero-order valence-corrected chi connectivity index (χ0v) is 21.8. The first-order chi connectivity index (χ1) is 17.0. The first-order valence-corrected chi connectivity index (χ1v) is 13.1. The van der Waals surface area contributed by atoms with Gasteiger partial charge in [0.1, 0.15) is 5.54 Å². The van der Waals surface area contributed by atoms with Crippen molar-refractivity contribution in [2.75, 3.05) is 31.1 Å². The van der Waals surface area contributed by atoms with Gasteiger partial charge in [-0.2, -0.15) is 18.4 Å². The lowest BCUT2D eigenvalue weighted by atomic mass is 10.0. The number of carbonyl (C=O) groups is 1. The van der Waals surface area contributed by atoms with E-state index in [2.05, 4.69) is 4.90 Å². The SMILES string of the molecule is CC1(C)C(=O)N(c2ccc(C#N)c(C(F)(F)F)c2)C(=S)N1CCCCCCCCN1CCC[C@@H]1CO. The first kappa shape index (κ1) is 28.4. The molecule has 2 heterocycles. The summed E-state index contributed by atoms with van der Waals surface area (Å²) in [7, 11) is 0. The first-order valence-electron chi connectivity index (χ1n) is 12.6. The van der Waals surface area contributed by atoms with Crippen molar-refractivity contribution in [3.63, 3.8) is 0 Å². The molecule has 0 aromatic heterocycles. The van der Waals surface area contributed by atoms with Crippen molar-refractivity contribution < 1.29 is 23.1 Å². The van der Waals surface area contributed by atoms with Gasteiger partial charge in [0, 0.05) is 12.6 Å². The molecule has 2 fully saturated rings. The summed E-state index contributed by atoms with van der Waals surface area (Å²) in [5, 5.41) is 18.6. The fourth-order valence-corrected chi connectivity index (χ4v) is 5.64. The van der Waals surface area contributed by atoms with E-state index in [1.807, 2.05) is 0 Å². The molecule has 2 aliphatic rings. The standard InChI is InChI=1S/C26H35F3N4O2S/c1-25(2)23(35)33(20-12-11-19(17-30)22(16-20)26(27,28)29)24(36)32(25)15-8-6-4-3-5-7-13-31-14-9-10-21(31)18-34/h11-12,16,21,34H,3-10,13-15,18H2,1-2H3/t21-/m1/s1. The second kappa shape index (κ2) is 11.9. The summed E-state index contributed by atoms with van der Waals surface area (Å²) in [5.74, 6) is -0.381. The van der Waals surface area contributed by atoms with Gasteiger partial charge in [-0.25, -0.2) is 0 Å². The number of unbranched alkanes of at least 4 members (excludes halogenated alkanes) is 5. The predicted molar refractivity (Wildman–Crippen MR) is 136 cm³/mol. The summed E-state index contributed by atoms with van der Waals surface area (Å²) in [4.78, 5) is 18.5. The highest BCUT2D eigenvalue weighted by Crippen LogP contribution is 2.38. The summed E-state index contributed by atoms with van der Waals surface area (Å²) >= 11 is 5.54. The number of rotatable bonds is 11. The fourth-order valence-electron chi connectivity index (χ4n) is 5.13. The molecule has 1 aromatic rings. The van der Waals surface area contributed by atoms with E-state index in [0.29, 0.717) is 12.6 Å². The van der Waals surface area contributed by atoms with Crippen LogP contribution < -0.4 is 4.90 Å². The zero-order valence-electron chi connectivity index (χ0n) is 21.0. The van der Waals surface area contributed by atoms with Crippen molar-refractivity contribution in [2.45, 2.75) is 83.0 Å². The number of benzene rings is 1. The highest BCUT2D eigenvalue weighted by Gasteiger charge is 2.49. The van der Waals surface area contributed by atoms with Crippen molar-refractivity contribution in [2.24, 2.45) is 0 Å². The number of aliphatic hydroxyl groups excluding tert-OH is 1. The molecule has 2 aliphatic heterocycles. The molecule has 1 N–H and O–H groups in total. The number of hydrogen-bond acceptors (Lipinski definition) is 5. The number of halogens is 3. The second-order valence-electron chi connectivity index (χ2n) is 10.1. The maximum Gasteiger partial charge on any atom is 0.417 e. The Labute approximate surface area is 216 Å². The molecule has 1 aromatic carbocycles. The van der Waals surface area contributed by atoms with Gasteiger partial charge in [0.25, 0.3) is 5.91 Å². The molecule has 1 atom stereocenters. The number of hydrogen-bond donors (Lipinski definition) is 1. The Morgan fingerprint density at radius 3 is 2.39 bits per heavy atom. The molecule has 1 amide bonds. The maximum atomic E-state index is 13.4. The Bertz CT molecular complexity index is 992. The van der Waals surface area contributed by atoms with Crippen LogP contribution in [0, 0.1) is 11.3 Å². The van der Waals surface area contributed by atoms with Crippen molar-refractivity contribution in [1.29, 1.82) is 5.26 Å². The van der Waals surface area contributed by atoms with Crippen LogP contribution in [0.25, 0.3) is 0 Å². The van der Waals surface area contributed by atoms with Gasteiger partial charge < -0.3 is 10.0 Å². The molecule has 0 saturated carbocycles. The van der Waals surface area contributed by atoms with Gasteiger partial charge in [0.15, 0.2) is 5.11 Å². The summed E-state index contributed by atoms with van der Waals surface area (Å²) in [5.41, 5.74) is -2.52. The zero-order chi connectivity index (χ0) is 26.5. The summed E-state index contributed by atoms with van der Waals surface area (Å²) in [6.07, 6.45) is 3.76. The van der Waals surface area contributed by atoms with Gasteiger partial charge >= 0.3 is 6.18 Å². The van der Waals surface area contributed by atoms with Crippen molar-refractivity contribution in [3.8, 4) is 6.07 Å². The molecule has 0 unspecified atom stereocenters. The molecule has 10 heteroatoms. The highest BCUT2D eigenvalue weighted by molar-refractivity contribution is 7.80. The van der Waals surface area contributed by atoms with Gasteiger partial charge in [0.2, 0.25) is 0 Å². The number of carbonyl (C=O) groups excluding carboxylic acids is 1. The van der Waals surface area contributed by atoms with E-state index >= 15 is 0 Å². The molecule has 3 rings (SSSR count). The number of amides is 1. The molecule has 0 spiro atoms. The lowest BCUT2D eigenvalue weighted by molar-refractivity contribution is -0.137. The maximum absolute atomic E-state index is 13.4. The normalized spacial score (nSPS) is 20.4. The molecule has 0 aliphatic carbocycles. The van der Waals surface area contributed by atoms with Crippen molar-refractivity contribution in [3.05, 3.63) is 29.3 Å². The molecule has 198 valence electrons.